The van der Waals surface area contributed by atoms with Gasteiger partial charge in [-0.2, -0.15) is 0 Å². The van der Waals surface area contributed by atoms with Crippen LogP contribution in [0, 0.1) is 0 Å². The molecule has 2 N–H and O–H groups in total. The van der Waals surface area contributed by atoms with Crippen LogP contribution in [0.1, 0.15) is 37.3 Å². The molecule has 2 aliphatic rings. The Morgan fingerprint density at radius 3 is 2.53 bits per heavy atom. The zero-order chi connectivity index (χ0) is 13.3. The Kier molecular flexibility index (Phi) is 3.37. The highest BCUT2D eigenvalue weighted by atomic mass is 16.5. The minimum absolute atomic E-state index is 0.108. The summed E-state index contributed by atoms with van der Waals surface area (Å²) >= 11 is 0. The second-order valence-corrected chi connectivity index (χ2v) is 5.36. The second-order valence-electron chi connectivity index (χ2n) is 5.36. The molecule has 1 aliphatic carbocycles. The van der Waals surface area contributed by atoms with Gasteiger partial charge in [0, 0.05) is 13.5 Å². The van der Waals surface area contributed by atoms with Gasteiger partial charge in [-0.25, -0.2) is 0 Å². The molecule has 0 amide bonds. The van der Waals surface area contributed by atoms with Crippen molar-refractivity contribution in [3.05, 3.63) is 23.8 Å². The molecule has 0 spiro atoms. The third-order valence-electron chi connectivity index (χ3n) is 4.30. The first-order valence-electron chi connectivity index (χ1n) is 6.95. The van der Waals surface area contributed by atoms with Crippen LogP contribution in [-0.4, -0.2) is 25.9 Å². The molecule has 1 saturated carbocycles. The molecule has 0 aromatic heterocycles. The second kappa shape index (κ2) is 5.02. The summed E-state index contributed by atoms with van der Waals surface area (Å²) in [5.41, 5.74) is 7.26. The number of nitrogens with two attached hydrogens (primary N) is 1. The average molecular weight is 263 g/mol. The van der Waals surface area contributed by atoms with E-state index < -0.39 is 0 Å². The van der Waals surface area contributed by atoms with E-state index in [2.05, 4.69) is 0 Å². The van der Waals surface area contributed by atoms with Crippen LogP contribution in [0.5, 0.6) is 11.5 Å². The first kappa shape index (κ1) is 12.8. The molecule has 1 heterocycles. The molecule has 1 aromatic rings. The van der Waals surface area contributed by atoms with E-state index in [1.165, 1.54) is 6.42 Å². The molecule has 0 radical (unpaired) electrons. The van der Waals surface area contributed by atoms with Gasteiger partial charge in [0.1, 0.15) is 0 Å². The predicted molar refractivity (Wildman–Crippen MR) is 72.6 cm³/mol. The zero-order valence-corrected chi connectivity index (χ0v) is 11.4. The Bertz CT molecular complexity index is 451. The van der Waals surface area contributed by atoms with Gasteiger partial charge in [-0.1, -0.05) is 6.07 Å². The first-order valence-corrected chi connectivity index (χ1v) is 6.95. The van der Waals surface area contributed by atoms with Gasteiger partial charge in [0.25, 0.3) is 0 Å². The van der Waals surface area contributed by atoms with Crippen molar-refractivity contribution in [2.45, 2.75) is 37.3 Å². The van der Waals surface area contributed by atoms with Crippen LogP contribution in [0.4, 0.5) is 0 Å². The molecule has 4 heteroatoms. The minimum atomic E-state index is -0.195. The molecule has 19 heavy (non-hydrogen) atoms. The Balaban J connectivity index is 1.87. The maximum atomic E-state index is 6.40. The number of ether oxygens (including phenoxy) is 3. The van der Waals surface area contributed by atoms with Gasteiger partial charge in [0.15, 0.2) is 11.5 Å². The van der Waals surface area contributed by atoms with Crippen LogP contribution in [0.3, 0.4) is 0 Å². The van der Waals surface area contributed by atoms with Crippen LogP contribution in [0.15, 0.2) is 18.2 Å². The molecule has 1 aromatic carbocycles. The maximum Gasteiger partial charge on any atom is 0.161 e. The summed E-state index contributed by atoms with van der Waals surface area (Å²) in [6, 6.07) is 5.88. The number of methoxy groups -OCH3 is 1. The summed E-state index contributed by atoms with van der Waals surface area (Å²) in [4.78, 5) is 0. The highest BCUT2D eigenvalue weighted by molar-refractivity contribution is 5.45. The summed E-state index contributed by atoms with van der Waals surface area (Å²) in [5.74, 6) is 1.62. The normalized spacial score (nSPS) is 22.2. The molecule has 1 aliphatic heterocycles. The third kappa shape index (κ3) is 2.19. The molecule has 0 bridgehead atoms. The lowest BCUT2D eigenvalue weighted by Crippen LogP contribution is -2.48. The van der Waals surface area contributed by atoms with Crippen molar-refractivity contribution in [3.63, 3.8) is 0 Å². The summed E-state index contributed by atoms with van der Waals surface area (Å²) < 4.78 is 17.0. The highest BCUT2D eigenvalue weighted by Crippen LogP contribution is 2.45. The van der Waals surface area contributed by atoms with Crippen LogP contribution in [-0.2, 0) is 4.74 Å². The van der Waals surface area contributed by atoms with Crippen LogP contribution in [0.25, 0.3) is 0 Å². The quantitative estimate of drug-likeness (QED) is 0.910. The molecule has 0 saturated heterocycles. The number of hydrogen-bond acceptors (Lipinski definition) is 4. The van der Waals surface area contributed by atoms with E-state index in [4.69, 9.17) is 19.9 Å². The highest BCUT2D eigenvalue weighted by Gasteiger charge is 2.43. The van der Waals surface area contributed by atoms with E-state index in [1.807, 2.05) is 18.2 Å². The van der Waals surface area contributed by atoms with Gasteiger partial charge < -0.3 is 19.9 Å². The van der Waals surface area contributed by atoms with Crippen LogP contribution < -0.4 is 15.2 Å². The van der Waals surface area contributed by atoms with Crippen LogP contribution in [0.2, 0.25) is 0 Å². The van der Waals surface area contributed by atoms with Crippen LogP contribution >= 0.6 is 0 Å². The van der Waals surface area contributed by atoms with E-state index in [0.29, 0.717) is 13.2 Å². The molecular weight excluding hydrogens is 242 g/mol. The largest absolute Gasteiger partial charge is 0.490 e. The molecule has 1 atom stereocenters. The monoisotopic (exact) mass is 263 g/mol. The predicted octanol–water partition coefficient (Wildman–Crippen LogP) is 2.42. The lowest BCUT2D eigenvalue weighted by molar-refractivity contribution is -0.0911. The van der Waals surface area contributed by atoms with Gasteiger partial charge in [-0.3, -0.25) is 0 Å². The number of benzene rings is 1. The van der Waals surface area contributed by atoms with Gasteiger partial charge in [-0.15, -0.1) is 0 Å². The average Bonchev–Trinajstić information content (AvgIpc) is 2.62. The topological polar surface area (TPSA) is 53.7 Å². The van der Waals surface area contributed by atoms with Crippen molar-refractivity contribution in [3.8, 4) is 11.5 Å². The Labute approximate surface area is 113 Å². The summed E-state index contributed by atoms with van der Waals surface area (Å²) in [6.45, 7) is 1.40. The van der Waals surface area contributed by atoms with Gasteiger partial charge in [-0.05, 0) is 37.0 Å². The first-order chi connectivity index (χ1) is 9.25. The van der Waals surface area contributed by atoms with E-state index in [9.17, 15) is 0 Å². The number of fused-ring (bicyclic) bond motifs is 1. The smallest absolute Gasteiger partial charge is 0.161 e. The summed E-state index contributed by atoms with van der Waals surface area (Å²) in [5, 5.41) is 0. The lowest BCUT2D eigenvalue weighted by Gasteiger charge is -2.45. The Morgan fingerprint density at radius 1 is 1.16 bits per heavy atom. The van der Waals surface area contributed by atoms with Gasteiger partial charge >= 0.3 is 0 Å². The lowest BCUT2D eigenvalue weighted by atomic mass is 9.72. The summed E-state index contributed by atoms with van der Waals surface area (Å²) in [6.07, 6.45) is 4.16. The molecule has 1 fully saturated rings. The molecule has 104 valence electrons. The fraction of sp³-hybridized carbons (Fsp3) is 0.600. The van der Waals surface area contributed by atoms with Crippen molar-refractivity contribution in [2.75, 3.05) is 20.3 Å². The number of hydrogen-bond donors (Lipinski definition) is 1. The van der Waals surface area contributed by atoms with Gasteiger partial charge in [0.05, 0.1) is 24.9 Å². The Morgan fingerprint density at radius 2 is 1.89 bits per heavy atom. The molecule has 3 rings (SSSR count). The van der Waals surface area contributed by atoms with E-state index in [-0.39, 0.29) is 11.6 Å². The van der Waals surface area contributed by atoms with Crippen molar-refractivity contribution >= 4 is 0 Å². The van der Waals surface area contributed by atoms with E-state index >= 15 is 0 Å². The molecular formula is C15H21NO3. The minimum Gasteiger partial charge on any atom is -0.490 e. The maximum absolute atomic E-state index is 6.40. The molecule has 1 unspecified atom stereocenters. The van der Waals surface area contributed by atoms with Gasteiger partial charge in [0.2, 0.25) is 0 Å². The Hall–Kier alpha value is -1.26. The standard InChI is InChI=1S/C15H21NO3/c1-17-15(6-2-7-15)14(16)11-4-5-12-13(10-11)19-9-3-8-18-12/h4-5,10,14H,2-3,6-9,16H2,1H3. The van der Waals surface area contributed by atoms with Crippen molar-refractivity contribution in [1.82, 2.24) is 0 Å². The van der Waals surface area contributed by atoms with E-state index in [0.717, 1.165) is 36.3 Å². The fourth-order valence-electron chi connectivity index (χ4n) is 2.84. The zero-order valence-electron chi connectivity index (χ0n) is 11.4. The molecule has 4 nitrogen and oxygen atoms in total. The third-order valence-corrected chi connectivity index (χ3v) is 4.30. The van der Waals surface area contributed by atoms with Crippen molar-refractivity contribution < 1.29 is 14.2 Å². The summed E-state index contributed by atoms with van der Waals surface area (Å²) in [7, 11) is 1.75. The van der Waals surface area contributed by atoms with E-state index in [1.54, 1.807) is 7.11 Å². The number of rotatable bonds is 3. The fourth-order valence-corrected chi connectivity index (χ4v) is 2.84. The van der Waals surface area contributed by atoms with Crippen molar-refractivity contribution in [2.24, 2.45) is 5.73 Å². The SMILES string of the molecule is COC1(C(N)c2ccc3c(c2)OCCCO3)CCC1. The van der Waals surface area contributed by atoms with Crippen molar-refractivity contribution in [1.29, 1.82) is 0 Å².